The highest BCUT2D eigenvalue weighted by atomic mass is 16.5. The fraction of sp³-hybridized carbons (Fsp3) is 0.500. The van der Waals surface area contributed by atoms with Gasteiger partial charge in [0.15, 0.2) is 0 Å². The highest BCUT2D eigenvalue weighted by Gasteiger charge is 2.36. The van der Waals surface area contributed by atoms with Gasteiger partial charge in [-0.15, -0.1) is 0 Å². The first kappa shape index (κ1) is 18.3. The van der Waals surface area contributed by atoms with Gasteiger partial charge in [-0.2, -0.15) is 0 Å². The lowest BCUT2D eigenvalue weighted by Crippen LogP contribution is -2.44. The fourth-order valence-electron chi connectivity index (χ4n) is 4.50. The average molecular weight is 367 g/mol. The van der Waals surface area contributed by atoms with Gasteiger partial charge >= 0.3 is 0 Å². The lowest BCUT2D eigenvalue weighted by molar-refractivity contribution is 0.132. The third-order valence-electron chi connectivity index (χ3n) is 6.08. The maximum Gasteiger partial charge on any atom is 0.120 e. The number of anilines is 1. The van der Waals surface area contributed by atoms with E-state index in [1.165, 1.54) is 11.3 Å². The number of nitrogens with zero attached hydrogens (tertiary/aromatic N) is 3. The molecule has 0 radical (unpaired) electrons. The number of rotatable bonds is 5. The van der Waals surface area contributed by atoms with Crippen LogP contribution in [0.15, 0.2) is 48.8 Å². The molecule has 1 aromatic carbocycles. The molecule has 0 amide bonds. The Balaban J connectivity index is 1.32. The normalized spacial score (nSPS) is 24.3. The smallest absolute Gasteiger partial charge is 0.120 e. The molecule has 0 spiro atoms. The third kappa shape index (κ3) is 4.25. The zero-order valence-corrected chi connectivity index (χ0v) is 16.0. The van der Waals surface area contributed by atoms with Crippen molar-refractivity contribution in [2.75, 3.05) is 38.2 Å². The van der Waals surface area contributed by atoms with E-state index in [1.807, 2.05) is 18.5 Å². The van der Waals surface area contributed by atoms with Crippen molar-refractivity contribution in [2.45, 2.75) is 31.4 Å². The summed E-state index contributed by atoms with van der Waals surface area (Å²) in [6.07, 6.45) is 6.67. The molecule has 2 aliphatic heterocycles. The van der Waals surface area contributed by atoms with E-state index in [4.69, 9.17) is 4.74 Å². The maximum absolute atomic E-state index is 10.6. The summed E-state index contributed by atoms with van der Waals surface area (Å²) in [7, 11) is 1.71. The van der Waals surface area contributed by atoms with Gasteiger partial charge in [0.2, 0.25) is 0 Å². The van der Waals surface area contributed by atoms with Gasteiger partial charge in [0, 0.05) is 62.3 Å². The molecule has 2 fully saturated rings. The molecule has 5 nitrogen and oxygen atoms in total. The van der Waals surface area contributed by atoms with Gasteiger partial charge in [0.05, 0.1) is 13.2 Å². The van der Waals surface area contributed by atoms with Gasteiger partial charge in [0.25, 0.3) is 0 Å². The topological polar surface area (TPSA) is 48.8 Å². The Hall–Kier alpha value is -2.11. The van der Waals surface area contributed by atoms with Crippen molar-refractivity contribution in [3.63, 3.8) is 0 Å². The minimum Gasteiger partial charge on any atom is -0.497 e. The van der Waals surface area contributed by atoms with Crippen LogP contribution in [0.5, 0.6) is 5.75 Å². The van der Waals surface area contributed by atoms with Crippen LogP contribution in [0.25, 0.3) is 0 Å². The molecule has 0 aliphatic carbocycles. The van der Waals surface area contributed by atoms with Gasteiger partial charge in [0.1, 0.15) is 5.75 Å². The lowest BCUT2D eigenvalue weighted by atomic mass is 9.97. The Morgan fingerprint density at radius 2 is 1.89 bits per heavy atom. The summed E-state index contributed by atoms with van der Waals surface area (Å²) < 4.78 is 5.35. The fourth-order valence-corrected chi connectivity index (χ4v) is 4.50. The van der Waals surface area contributed by atoms with Crippen LogP contribution in [0.3, 0.4) is 0 Å². The predicted molar refractivity (Wildman–Crippen MR) is 107 cm³/mol. The number of pyridine rings is 1. The van der Waals surface area contributed by atoms with Gasteiger partial charge in [-0.25, -0.2) is 0 Å². The molecule has 2 atom stereocenters. The second kappa shape index (κ2) is 8.28. The van der Waals surface area contributed by atoms with Crippen molar-refractivity contribution < 1.29 is 9.84 Å². The Morgan fingerprint density at radius 3 is 2.63 bits per heavy atom. The van der Waals surface area contributed by atoms with E-state index in [-0.39, 0.29) is 6.10 Å². The van der Waals surface area contributed by atoms with Crippen LogP contribution in [0.1, 0.15) is 18.4 Å². The van der Waals surface area contributed by atoms with Gasteiger partial charge in [-0.3, -0.25) is 9.88 Å². The molecule has 2 saturated heterocycles. The summed E-state index contributed by atoms with van der Waals surface area (Å²) in [5.74, 6) is 1.24. The summed E-state index contributed by atoms with van der Waals surface area (Å²) >= 11 is 0. The van der Waals surface area contributed by atoms with Crippen LogP contribution in [0.2, 0.25) is 0 Å². The molecule has 0 saturated carbocycles. The van der Waals surface area contributed by atoms with E-state index in [0.29, 0.717) is 12.0 Å². The summed E-state index contributed by atoms with van der Waals surface area (Å²) in [4.78, 5) is 9.04. The number of ether oxygens (including phenoxy) is 1. The van der Waals surface area contributed by atoms with Crippen LogP contribution in [-0.4, -0.2) is 60.4 Å². The number of β-amino-alcohol motifs (C(OH)–C–C–N with tert-alkyl or cyclic N) is 1. The molecule has 27 heavy (non-hydrogen) atoms. The SMILES string of the molecule is COc1cccc(N2CCC(N3C[C@@H](Cc4ccncc4)[C@@H](O)C3)CC2)c1. The molecule has 5 heteroatoms. The first-order chi connectivity index (χ1) is 13.2. The molecule has 2 aromatic rings. The Labute approximate surface area is 161 Å². The van der Waals surface area contributed by atoms with Crippen molar-refractivity contribution in [2.24, 2.45) is 5.92 Å². The number of aliphatic hydroxyl groups is 1. The molecule has 1 N–H and O–H groups in total. The largest absolute Gasteiger partial charge is 0.497 e. The number of methoxy groups -OCH3 is 1. The Kier molecular flexibility index (Phi) is 5.60. The summed E-state index contributed by atoms with van der Waals surface area (Å²) in [5, 5.41) is 10.6. The van der Waals surface area contributed by atoms with Gasteiger partial charge in [-0.05, 0) is 49.1 Å². The Morgan fingerprint density at radius 1 is 1.11 bits per heavy atom. The molecule has 1 aromatic heterocycles. The first-order valence-electron chi connectivity index (χ1n) is 9.93. The molecule has 2 aliphatic rings. The van der Waals surface area contributed by atoms with Crippen molar-refractivity contribution >= 4 is 5.69 Å². The second-order valence-electron chi connectivity index (χ2n) is 7.76. The van der Waals surface area contributed by atoms with Crippen LogP contribution in [-0.2, 0) is 6.42 Å². The zero-order chi connectivity index (χ0) is 18.6. The maximum atomic E-state index is 10.6. The number of benzene rings is 1. The molecular formula is C22H29N3O2. The highest BCUT2D eigenvalue weighted by molar-refractivity contribution is 5.51. The van der Waals surface area contributed by atoms with Gasteiger partial charge < -0.3 is 14.7 Å². The number of likely N-dealkylation sites (tertiary alicyclic amines) is 1. The van der Waals surface area contributed by atoms with Crippen LogP contribution in [0, 0.1) is 5.92 Å². The van der Waals surface area contributed by atoms with Crippen LogP contribution in [0.4, 0.5) is 5.69 Å². The lowest BCUT2D eigenvalue weighted by Gasteiger charge is -2.38. The number of hydrogen-bond donors (Lipinski definition) is 1. The predicted octanol–water partition coefficient (Wildman–Crippen LogP) is 2.59. The molecule has 0 bridgehead atoms. The number of piperidine rings is 1. The van der Waals surface area contributed by atoms with Crippen molar-refractivity contribution in [3.05, 3.63) is 54.4 Å². The summed E-state index contributed by atoms with van der Waals surface area (Å²) in [6, 6.07) is 13.0. The molecule has 3 heterocycles. The van der Waals surface area contributed by atoms with E-state index in [0.717, 1.165) is 51.2 Å². The van der Waals surface area contributed by atoms with Crippen molar-refractivity contribution in [1.82, 2.24) is 9.88 Å². The molecule has 4 rings (SSSR count). The quantitative estimate of drug-likeness (QED) is 0.880. The molecule has 0 unspecified atom stereocenters. The first-order valence-corrected chi connectivity index (χ1v) is 9.93. The third-order valence-corrected chi connectivity index (χ3v) is 6.08. The van der Waals surface area contributed by atoms with Crippen LogP contribution < -0.4 is 9.64 Å². The van der Waals surface area contributed by atoms with Crippen molar-refractivity contribution in [1.29, 1.82) is 0 Å². The van der Waals surface area contributed by atoms with E-state index >= 15 is 0 Å². The van der Waals surface area contributed by atoms with E-state index in [1.54, 1.807) is 7.11 Å². The second-order valence-corrected chi connectivity index (χ2v) is 7.76. The minimum atomic E-state index is -0.227. The summed E-state index contributed by atoms with van der Waals surface area (Å²) in [6.45, 7) is 3.91. The average Bonchev–Trinajstić information content (AvgIpc) is 3.09. The monoisotopic (exact) mass is 367 g/mol. The van der Waals surface area contributed by atoms with E-state index in [2.05, 4.69) is 45.1 Å². The molecule has 144 valence electrons. The summed E-state index contributed by atoms with van der Waals surface area (Å²) in [5.41, 5.74) is 2.51. The molecular weight excluding hydrogens is 338 g/mol. The van der Waals surface area contributed by atoms with Gasteiger partial charge in [-0.1, -0.05) is 6.07 Å². The number of aliphatic hydroxyl groups excluding tert-OH is 1. The van der Waals surface area contributed by atoms with Crippen molar-refractivity contribution in [3.8, 4) is 5.75 Å². The standard InChI is InChI=1S/C22H29N3O2/c1-27-21-4-2-3-20(14-21)24-11-7-19(8-12-24)25-15-18(22(26)16-25)13-17-5-9-23-10-6-17/h2-6,9-10,14,18-19,22,26H,7-8,11-13,15-16H2,1H3/t18-,22+/m1/s1. The minimum absolute atomic E-state index is 0.227. The number of aromatic nitrogens is 1. The Bertz CT molecular complexity index is 731. The van der Waals surface area contributed by atoms with Crippen LogP contribution >= 0.6 is 0 Å². The number of hydrogen-bond acceptors (Lipinski definition) is 5. The van der Waals surface area contributed by atoms with E-state index in [9.17, 15) is 5.11 Å². The zero-order valence-electron chi connectivity index (χ0n) is 16.0. The highest BCUT2D eigenvalue weighted by Crippen LogP contribution is 2.29. The van der Waals surface area contributed by atoms with E-state index < -0.39 is 0 Å².